The van der Waals surface area contributed by atoms with Crippen LogP contribution < -0.4 is 4.74 Å². The van der Waals surface area contributed by atoms with Crippen LogP contribution in [0.4, 0.5) is 0 Å². The Labute approximate surface area is 108 Å². The maximum atomic E-state index is 12.5. The second-order valence-electron chi connectivity index (χ2n) is 4.77. The van der Waals surface area contributed by atoms with Crippen LogP contribution in [-0.2, 0) is 4.74 Å². The van der Waals surface area contributed by atoms with Crippen LogP contribution >= 0.6 is 0 Å². The van der Waals surface area contributed by atoms with Gasteiger partial charge in [-0.25, -0.2) is 0 Å². The molecule has 18 heavy (non-hydrogen) atoms. The Morgan fingerprint density at radius 3 is 2.89 bits per heavy atom. The number of hydrogen-bond acceptors (Lipinski definition) is 3. The monoisotopic (exact) mass is 248 g/mol. The van der Waals surface area contributed by atoms with Crippen LogP contribution in [0.5, 0.6) is 5.75 Å². The van der Waals surface area contributed by atoms with Crippen LogP contribution in [-0.4, -0.2) is 25.1 Å². The highest BCUT2D eigenvalue weighted by atomic mass is 16.5. The molecule has 0 radical (unpaired) electrons. The molecule has 0 aromatic heterocycles. The molecule has 2 unspecified atom stereocenters. The molecule has 2 rings (SSSR count). The maximum absolute atomic E-state index is 12.5. The number of benzene rings is 1. The second-order valence-corrected chi connectivity index (χ2v) is 4.77. The van der Waals surface area contributed by atoms with E-state index < -0.39 is 0 Å². The molecular formula is C15H20O3. The Morgan fingerprint density at radius 1 is 1.50 bits per heavy atom. The zero-order valence-electron chi connectivity index (χ0n) is 11.2. The van der Waals surface area contributed by atoms with Gasteiger partial charge in [0.2, 0.25) is 0 Å². The third kappa shape index (κ3) is 2.56. The topological polar surface area (TPSA) is 35.5 Å². The maximum Gasteiger partial charge on any atom is 0.172 e. The molecule has 2 atom stereocenters. The summed E-state index contributed by atoms with van der Waals surface area (Å²) in [7, 11) is 0. The largest absolute Gasteiger partial charge is 0.493 e. The highest BCUT2D eigenvalue weighted by Crippen LogP contribution is 2.29. The van der Waals surface area contributed by atoms with Gasteiger partial charge >= 0.3 is 0 Å². The van der Waals surface area contributed by atoms with Gasteiger partial charge in [-0.2, -0.15) is 0 Å². The molecule has 1 aliphatic rings. The van der Waals surface area contributed by atoms with Gasteiger partial charge in [-0.05, 0) is 39.3 Å². The van der Waals surface area contributed by atoms with E-state index in [9.17, 15) is 4.79 Å². The molecule has 3 nitrogen and oxygen atoms in total. The Kier molecular flexibility index (Phi) is 4.02. The average Bonchev–Trinajstić information content (AvgIpc) is 2.77. The van der Waals surface area contributed by atoms with Crippen LogP contribution in [0.3, 0.4) is 0 Å². The van der Waals surface area contributed by atoms with E-state index in [1.54, 1.807) is 0 Å². The van der Waals surface area contributed by atoms with Crippen LogP contribution in [0.25, 0.3) is 0 Å². The summed E-state index contributed by atoms with van der Waals surface area (Å²) in [5.74, 6) is 0.797. The molecule has 0 bridgehead atoms. The predicted octanol–water partition coefficient (Wildman–Crippen LogP) is 3.00. The predicted molar refractivity (Wildman–Crippen MR) is 70.2 cm³/mol. The molecule has 0 spiro atoms. The van der Waals surface area contributed by atoms with Crippen LogP contribution in [0.2, 0.25) is 0 Å². The molecule has 3 heteroatoms. The molecule has 1 heterocycles. The smallest absolute Gasteiger partial charge is 0.172 e. The minimum atomic E-state index is -0.0361. The number of Topliss-reactive ketones (excluding diaryl/α,β-unsaturated/α-hetero) is 1. The fourth-order valence-electron chi connectivity index (χ4n) is 2.39. The first-order chi connectivity index (χ1) is 8.63. The van der Waals surface area contributed by atoms with Crippen LogP contribution in [0.15, 0.2) is 18.2 Å². The highest BCUT2D eigenvalue weighted by molar-refractivity contribution is 6.01. The Bertz CT molecular complexity index is 439. The minimum absolute atomic E-state index is 0.00693. The summed E-state index contributed by atoms with van der Waals surface area (Å²) >= 11 is 0. The highest BCUT2D eigenvalue weighted by Gasteiger charge is 2.32. The number of ketones is 1. The second kappa shape index (κ2) is 5.53. The van der Waals surface area contributed by atoms with Gasteiger partial charge in [0.25, 0.3) is 0 Å². The summed E-state index contributed by atoms with van der Waals surface area (Å²) < 4.78 is 11.0. The lowest BCUT2D eigenvalue weighted by Gasteiger charge is -2.16. The molecule has 1 aromatic carbocycles. The molecular weight excluding hydrogens is 228 g/mol. The third-order valence-electron chi connectivity index (χ3n) is 3.41. The van der Waals surface area contributed by atoms with Gasteiger partial charge in [0, 0.05) is 6.61 Å². The van der Waals surface area contributed by atoms with Gasteiger partial charge in [-0.15, -0.1) is 0 Å². The standard InChI is InChI=1S/C15H20O3/c1-4-17-14-6-5-10(2)9-13(14)15(16)12-7-8-18-11(12)3/h5-6,9,11-12H,4,7-8H2,1-3H3. The summed E-state index contributed by atoms with van der Waals surface area (Å²) in [4.78, 5) is 12.5. The fourth-order valence-corrected chi connectivity index (χ4v) is 2.39. The number of aryl methyl sites for hydroxylation is 1. The van der Waals surface area contributed by atoms with E-state index in [-0.39, 0.29) is 17.8 Å². The van der Waals surface area contributed by atoms with Gasteiger partial charge in [0.05, 0.1) is 24.2 Å². The van der Waals surface area contributed by atoms with Crippen molar-refractivity contribution in [1.29, 1.82) is 0 Å². The Morgan fingerprint density at radius 2 is 2.28 bits per heavy atom. The van der Waals surface area contributed by atoms with Gasteiger partial charge in [-0.1, -0.05) is 11.6 Å². The van der Waals surface area contributed by atoms with Crippen LogP contribution in [0, 0.1) is 12.8 Å². The fraction of sp³-hybridized carbons (Fsp3) is 0.533. The average molecular weight is 248 g/mol. The van der Waals surface area contributed by atoms with E-state index in [1.165, 1.54) is 0 Å². The van der Waals surface area contributed by atoms with Crippen LogP contribution in [0.1, 0.15) is 36.2 Å². The van der Waals surface area contributed by atoms with Gasteiger partial charge < -0.3 is 9.47 Å². The molecule has 0 N–H and O–H groups in total. The van der Waals surface area contributed by atoms with E-state index in [0.29, 0.717) is 24.5 Å². The molecule has 1 fully saturated rings. The summed E-state index contributed by atoms with van der Waals surface area (Å²) in [5.41, 5.74) is 1.77. The lowest BCUT2D eigenvalue weighted by molar-refractivity contribution is 0.0761. The Hall–Kier alpha value is -1.35. The van der Waals surface area contributed by atoms with Crippen molar-refractivity contribution in [1.82, 2.24) is 0 Å². The minimum Gasteiger partial charge on any atom is -0.493 e. The molecule has 1 saturated heterocycles. The molecule has 1 aromatic rings. The molecule has 0 aliphatic carbocycles. The number of carbonyl (C=O) groups is 1. The van der Waals surface area contributed by atoms with Crippen molar-refractivity contribution in [3.8, 4) is 5.75 Å². The number of ether oxygens (including phenoxy) is 2. The van der Waals surface area contributed by atoms with E-state index in [1.807, 2.05) is 39.0 Å². The lowest BCUT2D eigenvalue weighted by atomic mass is 9.91. The van der Waals surface area contributed by atoms with Crippen molar-refractivity contribution in [2.24, 2.45) is 5.92 Å². The Balaban J connectivity index is 2.30. The van der Waals surface area contributed by atoms with E-state index in [2.05, 4.69) is 0 Å². The number of carbonyl (C=O) groups excluding carboxylic acids is 1. The summed E-state index contributed by atoms with van der Waals surface area (Å²) in [5, 5.41) is 0. The van der Waals surface area contributed by atoms with Crippen molar-refractivity contribution >= 4 is 5.78 Å². The van der Waals surface area contributed by atoms with E-state index in [0.717, 1.165) is 12.0 Å². The number of rotatable bonds is 4. The van der Waals surface area contributed by atoms with Crippen molar-refractivity contribution in [2.45, 2.75) is 33.3 Å². The summed E-state index contributed by atoms with van der Waals surface area (Å²) in [6.45, 7) is 7.12. The first-order valence-corrected chi connectivity index (χ1v) is 6.52. The SMILES string of the molecule is CCOc1ccc(C)cc1C(=O)C1CCOC1C. The van der Waals surface area contributed by atoms with Crippen molar-refractivity contribution in [2.75, 3.05) is 13.2 Å². The van der Waals surface area contributed by atoms with E-state index in [4.69, 9.17) is 9.47 Å². The van der Waals surface area contributed by atoms with E-state index >= 15 is 0 Å². The normalized spacial score (nSPS) is 23.1. The van der Waals surface area contributed by atoms with Crippen molar-refractivity contribution in [3.05, 3.63) is 29.3 Å². The third-order valence-corrected chi connectivity index (χ3v) is 3.41. The lowest BCUT2D eigenvalue weighted by Crippen LogP contribution is -2.22. The number of hydrogen-bond donors (Lipinski definition) is 0. The van der Waals surface area contributed by atoms with Gasteiger partial charge in [-0.3, -0.25) is 4.79 Å². The molecule has 1 aliphatic heterocycles. The quantitative estimate of drug-likeness (QED) is 0.768. The molecule has 0 amide bonds. The zero-order chi connectivity index (χ0) is 13.1. The zero-order valence-corrected chi connectivity index (χ0v) is 11.2. The van der Waals surface area contributed by atoms with Gasteiger partial charge in [0.1, 0.15) is 5.75 Å². The van der Waals surface area contributed by atoms with Crippen molar-refractivity contribution in [3.63, 3.8) is 0 Å². The first-order valence-electron chi connectivity index (χ1n) is 6.52. The first kappa shape index (κ1) is 13.1. The van der Waals surface area contributed by atoms with Crippen molar-refractivity contribution < 1.29 is 14.3 Å². The molecule has 0 saturated carbocycles. The van der Waals surface area contributed by atoms with Gasteiger partial charge in [0.15, 0.2) is 5.78 Å². The molecule has 98 valence electrons. The summed E-state index contributed by atoms with van der Waals surface area (Å²) in [6, 6.07) is 5.77. The summed E-state index contributed by atoms with van der Waals surface area (Å²) in [6.07, 6.45) is 0.812.